The van der Waals surface area contributed by atoms with Crippen LogP contribution in [0.1, 0.15) is 0 Å². The molecule has 2 rings (SSSR count). The number of hydrogen-bond acceptors (Lipinski definition) is 4. The van der Waals surface area contributed by atoms with Crippen molar-refractivity contribution in [1.29, 1.82) is 0 Å². The third kappa shape index (κ3) is 4.44. The van der Waals surface area contributed by atoms with Crippen LogP contribution in [0.15, 0.2) is 23.3 Å². The van der Waals surface area contributed by atoms with E-state index in [-0.39, 0.29) is 14.2 Å². The average Bonchev–Trinajstić information content (AvgIpc) is 2.97. The van der Waals surface area contributed by atoms with Gasteiger partial charge in [-0.25, -0.2) is 0 Å². The minimum absolute atomic E-state index is 0.158. The highest BCUT2D eigenvalue weighted by Crippen LogP contribution is 2.10. The van der Waals surface area contributed by atoms with Gasteiger partial charge in [0.15, 0.2) is 0 Å². The van der Waals surface area contributed by atoms with Crippen LogP contribution in [0.2, 0.25) is 13.1 Å². The van der Waals surface area contributed by atoms with Crippen LogP contribution in [0.25, 0.3) is 0 Å². The molecule has 0 N–H and O–H groups in total. The van der Waals surface area contributed by atoms with E-state index in [1.807, 2.05) is 12.0 Å². The topological polar surface area (TPSA) is 36.9 Å². The Bertz CT molecular complexity index is 269. The standard InChI is InChI=1S/C10H18B2O4Si/c1-17(2,9-3-11-13-5-6-14-11)10-4-12-15-7-8-16-12/h3-4,9-10H,5-8H2,1-2H3/b9-3+,10-4+. The Morgan fingerprint density at radius 1 is 0.765 bits per heavy atom. The molecule has 0 aromatic heterocycles. The van der Waals surface area contributed by atoms with E-state index in [2.05, 4.69) is 24.5 Å². The van der Waals surface area contributed by atoms with Gasteiger partial charge in [0.25, 0.3) is 0 Å². The van der Waals surface area contributed by atoms with Gasteiger partial charge in [-0.15, -0.1) is 0 Å². The Morgan fingerprint density at radius 2 is 1.12 bits per heavy atom. The second-order valence-corrected chi connectivity index (χ2v) is 9.07. The first-order chi connectivity index (χ1) is 8.16. The Morgan fingerprint density at radius 3 is 1.47 bits per heavy atom. The molecule has 2 fully saturated rings. The summed E-state index contributed by atoms with van der Waals surface area (Å²) < 4.78 is 21.5. The molecule has 2 heterocycles. The highest BCUT2D eigenvalue weighted by atomic mass is 28.3. The van der Waals surface area contributed by atoms with Crippen molar-refractivity contribution in [2.24, 2.45) is 0 Å². The molecule has 0 aromatic rings. The van der Waals surface area contributed by atoms with Crippen molar-refractivity contribution >= 4 is 22.3 Å². The summed E-state index contributed by atoms with van der Waals surface area (Å²) in [6.45, 7) is 7.27. The SMILES string of the molecule is C[Si](C)(/C=C/B1OCCO1)/C=C/B1OCCO1. The first kappa shape index (κ1) is 13.1. The molecule has 0 bridgehead atoms. The molecular formula is C10H18B2O4Si. The fourth-order valence-electron chi connectivity index (χ4n) is 1.68. The van der Waals surface area contributed by atoms with Crippen molar-refractivity contribution in [3.8, 4) is 0 Å². The van der Waals surface area contributed by atoms with Gasteiger partial charge in [-0.2, -0.15) is 0 Å². The van der Waals surface area contributed by atoms with Gasteiger partial charge in [0, 0.05) is 0 Å². The van der Waals surface area contributed by atoms with Gasteiger partial charge in [0.1, 0.15) is 0 Å². The van der Waals surface area contributed by atoms with Gasteiger partial charge < -0.3 is 18.6 Å². The van der Waals surface area contributed by atoms with E-state index < -0.39 is 8.07 Å². The Kier molecular flexibility index (Phi) is 4.64. The lowest BCUT2D eigenvalue weighted by atomic mass is 9.92. The zero-order valence-electron chi connectivity index (χ0n) is 10.4. The Labute approximate surface area is 104 Å². The monoisotopic (exact) mass is 252 g/mol. The van der Waals surface area contributed by atoms with E-state index in [1.54, 1.807) is 0 Å². The zero-order valence-corrected chi connectivity index (χ0v) is 11.4. The molecule has 2 aliphatic rings. The fraction of sp³-hybridized carbons (Fsp3) is 0.600. The lowest BCUT2D eigenvalue weighted by Gasteiger charge is -2.12. The van der Waals surface area contributed by atoms with Crippen molar-refractivity contribution in [3.05, 3.63) is 23.3 Å². The largest absolute Gasteiger partial charge is 0.485 e. The maximum Gasteiger partial charge on any atom is 0.485 e. The van der Waals surface area contributed by atoms with E-state index in [4.69, 9.17) is 18.6 Å². The molecule has 0 spiro atoms. The van der Waals surface area contributed by atoms with Crippen LogP contribution < -0.4 is 0 Å². The van der Waals surface area contributed by atoms with Crippen LogP contribution in [0.3, 0.4) is 0 Å². The second-order valence-electron chi connectivity index (χ2n) is 4.76. The van der Waals surface area contributed by atoms with E-state index >= 15 is 0 Å². The van der Waals surface area contributed by atoms with Crippen molar-refractivity contribution in [2.75, 3.05) is 26.4 Å². The third-order valence-electron chi connectivity index (χ3n) is 2.66. The third-order valence-corrected chi connectivity index (χ3v) is 4.76. The van der Waals surface area contributed by atoms with Crippen molar-refractivity contribution in [2.45, 2.75) is 13.1 Å². The highest BCUT2D eigenvalue weighted by molar-refractivity contribution is 6.88. The van der Waals surface area contributed by atoms with Gasteiger partial charge in [0.05, 0.1) is 34.5 Å². The van der Waals surface area contributed by atoms with Crippen LogP contribution in [-0.2, 0) is 18.6 Å². The summed E-state index contributed by atoms with van der Waals surface area (Å²) in [4.78, 5) is 0. The molecule has 0 atom stereocenters. The van der Waals surface area contributed by atoms with E-state index in [0.29, 0.717) is 26.4 Å². The summed E-state index contributed by atoms with van der Waals surface area (Å²) in [5.74, 6) is 4.03. The number of rotatable bonds is 4. The minimum Gasteiger partial charge on any atom is -0.405 e. The molecule has 4 nitrogen and oxygen atoms in total. The molecule has 0 saturated carbocycles. The first-order valence-electron chi connectivity index (χ1n) is 6.01. The highest BCUT2D eigenvalue weighted by Gasteiger charge is 2.24. The summed E-state index contributed by atoms with van der Waals surface area (Å²) in [7, 11) is -1.84. The smallest absolute Gasteiger partial charge is 0.405 e. The lowest BCUT2D eigenvalue weighted by molar-refractivity contribution is 0.365. The van der Waals surface area contributed by atoms with E-state index in [0.717, 1.165) is 0 Å². The van der Waals surface area contributed by atoms with Crippen LogP contribution in [0, 0.1) is 0 Å². The molecule has 2 saturated heterocycles. The molecular weight excluding hydrogens is 234 g/mol. The molecule has 7 heteroatoms. The molecule has 0 unspecified atom stereocenters. The molecule has 17 heavy (non-hydrogen) atoms. The normalized spacial score (nSPS) is 22.5. The predicted molar refractivity (Wildman–Crippen MR) is 71.1 cm³/mol. The predicted octanol–water partition coefficient (Wildman–Crippen LogP) is 1.03. The quantitative estimate of drug-likeness (QED) is 0.700. The van der Waals surface area contributed by atoms with Gasteiger partial charge in [-0.3, -0.25) is 0 Å². The fourth-order valence-corrected chi connectivity index (χ4v) is 3.10. The Balaban J connectivity index is 1.83. The van der Waals surface area contributed by atoms with Gasteiger partial charge in [0.2, 0.25) is 0 Å². The molecule has 0 aromatic carbocycles. The summed E-state index contributed by atoms with van der Waals surface area (Å²) in [5, 5.41) is 0. The summed E-state index contributed by atoms with van der Waals surface area (Å²) in [5.41, 5.74) is 4.43. The molecule has 0 aliphatic carbocycles. The molecule has 92 valence electrons. The van der Waals surface area contributed by atoms with Crippen molar-refractivity contribution in [3.63, 3.8) is 0 Å². The maximum atomic E-state index is 5.37. The van der Waals surface area contributed by atoms with Gasteiger partial charge in [-0.1, -0.05) is 36.4 Å². The van der Waals surface area contributed by atoms with Gasteiger partial charge >= 0.3 is 14.2 Å². The molecule has 0 amide bonds. The van der Waals surface area contributed by atoms with Crippen LogP contribution in [0.4, 0.5) is 0 Å². The lowest BCUT2D eigenvalue weighted by Crippen LogP contribution is -2.23. The van der Waals surface area contributed by atoms with Crippen LogP contribution in [-0.4, -0.2) is 48.7 Å². The number of hydrogen-bond donors (Lipinski definition) is 0. The van der Waals surface area contributed by atoms with E-state index in [1.165, 1.54) is 0 Å². The summed E-state index contributed by atoms with van der Waals surface area (Å²) in [6.07, 6.45) is 0. The van der Waals surface area contributed by atoms with Crippen molar-refractivity contribution < 1.29 is 18.6 Å². The Hall–Kier alpha value is -0.333. The minimum atomic E-state index is -1.52. The van der Waals surface area contributed by atoms with Crippen LogP contribution in [0.5, 0.6) is 0 Å². The molecule has 2 aliphatic heterocycles. The molecule has 0 radical (unpaired) electrons. The summed E-state index contributed by atoms with van der Waals surface area (Å²) >= 11 is 0. The zero-order chi connectivity index (χ0) is 12.1. The van der Waals surface area contributed by atoms with Gasteiger partial charge in [-0.05, 0) is 0 Å². The first-order valence-corrected chi connectivity index (χ1v) is 9.16. The second kappa shape index (κ2) is 6.02. The summed E-state index contributed by atoms with van der Waals surface area (Å²) in [6, 6.07) is 0. The van der Waals surface area contributed by atoms with Crippen molar-refractivity contribution in [1.82, 2.24) is 0 Å². The van der Waals surface area contributed by atoms with Crippen LogP contribution >= 0.6 is 0 Å². The van der Waals surface area contributed by atoms with E-state index in [9.17, 15) is 0 Å². The maximum absolute atomic E-state index is 5.37. The average molecular weight is 252 g/mol.